The summed E-state index contributed by atoms with van der Waals surface area (Å²) in [7, 11) is 0. The molecule has 2 rings (SSSR count). The minimum Gasteiger partial charge on any atom is -0.443 e. The molecule has 0 bridgehead atoms. The molecule has 1 aromatic heterocycles. The number of hydrogen-bond donors (Lipinski definition) is 2. The van der Waals surface area contributed by atoms with Crippen molar-refractivity contribution in [3.05, 3.63) is 52.2 Å². The quantitative estimate of drug-likeness (QED) is 0.886. The average Bonchev–Trinajstić information content (AvgIpc) is 2.85. The van der Waals surface area contributed by atoms with Crippen molar-refractivity contribution in [3.8, 4) is 0 Å². The number of thiophene rings is 1. The normalized spacial score (nSPS) is 11.0. The molecule has 0 aliphatic heterocycles. The predicted octanol–water partition coefficient (Wildman–Crippen LogP) is 3.42. The molecule has 0 aliphatic carbocycles. The summed E-state index contributed by atoms with van der Waals surface area (Å²) < 4.78 is 5.08. The minimum absolute atomic E-state index is 0.175. The Morgan fingerprint density at radius 3 is 2.55 bits per heavy atom. The number of carbonyl (C=O) groups is 2. The van der Waals surface area contributed by atoms with Crippen LogP contribution in [0.4, 0.5) is 10.5 Å². The topological polar surface area (TPSA) is 81.4 Å². The molecular formula is C16H18N2O3S. The summed E-state index contributed by atoms with van der Waals surface area (Å²) >= 11 is 1.35. The molecule has 0 saturated heterocycles. The molecular weight excluding hydrogens is 300 g/mol. The van der Waals surface area contributed by atoms with Crippen LogP contribution in [-0.4, -0.2) is 17.6 Å². The van der Waals surface area contributed by atoms with Gasteiger partial charge in [0.1, 0.15) is 5.60 Å². The fourth-order valence-electron chi connectivity index (χ4n) is 2.15. The molecule has 0 unspecified atom stereocenters. The molecule has 1 aromatic carbocycles. The number of nitrogens with one attached hydrogen (secondary N) is 1. The third-order valence-corrected chi connectivity index (χ3v) is 3.93. The lowest BCUT2D eigenvalue weighted by molar-refractivity contribution is 0.0460. The number of nitrogens with two attached hydrogens (primary N) is 1. The number of primary amides is 1. The molecule has 22 heavy (non-hydrogen) atoms. The van der Waals surface area contributed by atoms with Crippen molar-refractivity contribution in [1.29, 1.82) is 0 Å². The Morgan fingerprint density at radius 1 is 1.23 bits per heavy atom. The summed E-state index contributed by atoms with van der Waals surface area (Å²) in [5, 5.41) is 4.69. The van der Waals surface area contributed by atoms with Gasteiger partial charge in [0.25, 0.3) is 5.91 Å². The summed E-state index contributed by atoms with van der Waals surface area (Å²) in [6.45, 7) is 3.52. The van der Waals surface area contributed by atoms with Crippen LogP contribution >= 0.6 is 11.3 Å². The molecule has 2 aromatic rings. The molecule has 3 N–H and O–H groups in total. The van der Waals surface area contributed by atoms with E-state index in [1.807, 2.05) is 41.8 Å². The van der Waals surface area contributed by atoms with E-state index in [2.05, 4.69) is 5.32 Å². The molecule has 2 amide bonds. The van der Waals surface area contributed by atoms with Crippen molar-refractivity contribution >= 4 is 29.0 Å². The van der Waals surface area contributed by atoms with Crippen LogP contribution in [0, 0.1) is 0 Å². The molecule has 0 aliphatic rings. The highest BCUT2D eigenvalue weighted by atomic mass is 32.1. The molecule has 0 fully saturated rings. The van der Waals surface area contributed by atoms with Gasteiger partial charge in [-0.2, -0.15) is 0 Å². The maximum Gasteiger partial charge on any atom is 0.405 e. The Hall–Kier alpha value is -2.34. The molecule has 5 nitrogen and oxygen atoms in total. The van der Waals surface area contributed by atoms with E-state index in [1.165, 1.54) is 11.3 Å². The zero-order valence-electron chi connectivity index (χ0n) is 12.5. The second-order valence-electron chi connectivity index (χ2n) is 5.45. The van der Waals surface area contributed by atoms with Crippen LogP contribution in [0.2, 0.25) is 0 Å². The van der Waals surface area contributed by atoms with E-state index < -0.39 is 11.7 Å². The number of benzene rings is 1. The Balaban J connectivity index is 2.12. The smallest absolute Gasteiger partial charge is 0.405 e. The first-order valence-electron chi connectivity index (χ1n) is 6.78. The van der Waals surface area contributed by atoms with Gasteiger partial charge in [-0.15, -0.1) is 11.3 Å². The zero-order valence-corrected chi connectivity index (χ0v) is 13.3. The molecule has 0 spiro atoms. The second kappa shape index (κ2) is 6.62. The highest BCUT2D eigenvalue weighted by Gasteiger charge is 2.25. The van der Waals surface area contributed by atoms with Crippen molar-refractivity contribution in [2.45, 2.75) is 25.9 Å². The molecule has 6 heteroatoms. The van der Waals surface area contributed by atoms with E-state index in [1.54, 1.807) is 13.8 Å². The summed E-state index contributed by atoms with van der Waals surface area (Å²) in [4.78, 5) is 23.9. The van der Waals surface area contributed by atoms with E-state index in [-0.39, 0.29) is 5.91 Å². The highest BCUT2D eigenvalue weighted by molar-refractivity contribution is 7.12. The van der Waals surface area contributed by atoms with Crippen LogP contribution in [0.3, 0.4) is 0 Å². The van der Waals surface area contributed by atoms with Gasteiger partial charge in [-0.3, -0.25) is 4.79 Å². The Labute approximate surface area is 133 Å². The van der Waals surface area contributed by atoms with E-state index in [0.29, 0.717) is 11.3 Å². The fourth-order valence-corrected chi connectivity index (χ4v) is 2.97. The molecule has 116 valence electrons. The monoisotopic (exact) mass is 318 g/mol. The SMILES string of the molecule is CC(C)(Cc1ccsc1C(=O)Nc1ccccc1)OC(N)=O. The van der Waals surface area contributed by atoms with Gasteiger partial charge in [-0.25, -0.2) is 4.79 Å². The highest BCUT2D eigenvalue weighted by Crippen LogP contribution is 2.25. The second-order valence-corrected chi connectivity index (χ2v) is 6.37. The Morgan fingerprint density at radius 2 is 1.91 bits per heavy atom. The summed E-state index contributed by atoms with van der Waals surface area (Å²) in [6.07, 6.45) is -0.410. The summed E-state index contributed by atoms with van der Waals surface area (Å²) in [5.41, 5.74) is 5.86. The number of hydrogen-bond acceptors (Lipinski definition) is 4. The van der Waals surface area contributed by atoms with Gasteiger partial charge in [0.15, 0.2) is 0 Å². The van der Waals surface area contributed by atoms with Crippen molar-refractivity contribution in [1.82, 2.24) is 0 Å². The maximum absolute atomic E-state index is 12.4. The third-order valence-electron chi connectivity index (χ3n) is 2.98. The van der Waals surface area contributed by atoms with Crippen LogP contribution < -0.4 is 11.1 Å². The summed E-state index contributed by atoms with van der Waals surface area (Å²) in [5.74, 6) is -0.175. The number of anilines is 1. The van der Waals surface area contributed by atoms with Crippen molar-refractivity contribution < 1.29 is 14.3 Å². The number of para-hydroxylation sites is 1. The molecule has 0 atom stereocenters. The maximum atomic E-state index is 12.4. The van der Waals surface area contributed by atoms with Gasteiger partial charge in [-0.05, 0) is 43.0 Å². The number of ether oxygens (including phenoxy) is 1. The van der Waals surface area contributed by atoms with Crippen LogP contribution in [0.15, 0.2) is 41.8 Å². The molecule has 0 saturated carbocycles. The van der Waals surface area contributed by atoms with Gasteiger partial charge in [0.2, 0.25) is 0 Å². The number of carbonyl (C=O) groups excluding carboxylic acids is 2. The van der Waals surface area contributed by atoms with E-state index in [9.17, 15) is 9.59 Å². The predicted molar refractivity (Wildman–Crippen MR) is 87.2 cm³/mol. The van der Waals surface area contributed by atoms with Crippen molar-refractivity contribution in [2.75, 3.05) is 5.32 Å². The van der Waals surface area contributed by atoms with Gasteiger partial charge in [-0.1, -0.05) is 18.2 Å². The summed E-state index contributed by atoms with van der Waals surface area (Å²) in [6, 6.07) is 11.1. The van der Waals surface area contributed by atoms with Crippen LogP contribution in [0.5, 0.6) is 0 Å². The van der Waals surface area contributed by atoms with Crippen LogP contribution in [0.25, 0.3) is 0 Å². The molecule has 0 radical (unpaired) electrons. The van der Waals surface area contributed by atoms with Crippen molar-refractivity contribution in [2.24, 2.45) is 5.73 Å². The first kappa shape index (κ1) is 16.0. The number of amides is 2. The van der Waals surface area contributed by atoms with E-state index >= 15 is 0 Å². The van der Waals surface area contributed by atoms with Gasteiger partial charge in [0.05, 0.1) is 4.88 Å². The third kappa shape index (κ3) is 4.33. The average molecular weight is 318 g/mol. The lowest BCUT2D eigenvalue weighted by Gasteiger charge is -2.24. The van der Waals surface area contributed by atoms with Crippen LogP contribution in [0.1, 0.15) is 29.1 Å². The van der Waals surface area contributed by atoms with Gasteiger partial charge < -0.3 is 15.8 Å². The van der Waals surface area contributed by atoms with E-state index in [0.717, 1.165) is 11.3 Å². The van der Waals surface area contributed by atoms with Crippen LogP contribution in [-0.2, 0) is 11.2 Å². The Bertz CT molecular complexity index is 665. The minimum atomic E-state index is -0.824. The fraction of sp³-hybridized carbons (Fsp3) is 0.250. The first-order valence-corrected chi connectivity index (χ1v) is 7.66. The first-order chi connectivity index (χ1) is 10.4. The zero-order chi connectivity index (χ0) is 16.2. The lowest BCUT2D eigenvalue weighted by atomic mass is 9.98. The Kier molecular flexibility index (Phi) is 4.82. The standard InChI is InChI=1S/C16H18N2O3S/c1-16(2,21-15(17)20)10-11-8-9-22-13(11)14(19)18-12-6-4-3-5-7-12/h3-9H,10H2,1-2H3,(H2,17,20)(H,18,19). The number of rotatable bonds is 5. The van der Waals surface area contributed by atoms with Gasteiger partial charge in [0, 0.05) is 12.1 Å². The lowest BCUT2D eigenvalue weighted by Crippen LogP contribution is -2.33. The van der Waals surface area contributed by atoms with E-state index in [4.69, 9.17) is 10.5 Å². The van der Waals surface area contributed by atoms with Gasteiger partial charge >= 0.3 is 6.09 Å². The van der Waals surface area contributed by atoms with Crippen molar-refractivity contribution in [3.63, 3.8) is 0 Å². The largest absolute Gasteiger partial charge is 0.443 e. The molecule has 1 heterocycles.